The molecule has 1 atom stereocenters. The molecule has 0 aliphatic carbocycles. The number of benzene rings is 1. The summed E-state index contributed by atoms with van der Waals surface area (Å²) in [6.07, 6.45) is 2.36. The minimum atomic E-state index is 0. The Bertz CT molecular complexity index is 691. The fraction of sp³-hybridized carbons (Fsp3) is 0.682. The summed E-state index contributed by atoms with van der Waals surface area (Å²) in [6, 6.07) is 8.28. The Hall–Kier alpha value is -1.10. The highest BCUT2D eigenvalue weighted by Crippen LogP contribution is 2.38. The van der Waals surface area contributed by atoms with Crippen LogP contribution in [0, 0.1) is 5.41 Å². The normalized spacial score (nSPS) is 24.8. The van der Waals surface area contributed by atoms with Crippen LogP contribution in [0.5, 0.6) is 5.75 Å². The summed E-state index contributed by atoms with van der Waals surface area (Å²) in [4.78, 5) is 9.29. The van der Waals surface area contributed by atoms with Crippen LogP contribution in [0.2, 0.25) is 0 Å². The van der Waals surface area contributed by atoms with Gasteiger partial charge >= 0.3 is 0 Å². The molecule has 1 aromatic carbocycles. The SMILES string of the molecule is CN=C(NCc1ccccc1OCCN1CCOCC1)N1CCC2(CCOC2)C1.I. The number of guanidine groups is 1. The van der Waals surface area contributed by atoms with E-state index in [2.05, 4.69) is 38.3 Å². The number of likely N-dealkylation sites (tertiary alicyclic amines) is 1. The summed E-state index contributed by atoms with van der Waals surface area (Å²) in [5.74, 6) is 1.92. The van der Waals surface area contributed by atoms with Crippen LogP contribution in [-0.4, -0.2) is 88.6 Å². The number of hydrogen-bond acceptors (Lipinski definition) is 5. The predicted molar refractivity (Wildman–Crippen MR) is 129 cm³/mol. The molecule has 3 saturated heterocycles. The van der Waals surface area contributed by atoms with Gasteiger partial charge in [-0.3, -0.25) is 9.89 Å². The second-order valence-electron chi connectivity index (χ2n) is 8.29. The summed E-state index contributed by atoms with van der Waals surface area (Å²) < 4.78 is 17.2. The Kier molecular flexibility index (Phi) is 9.03. The average Bonchev–Trinajstić information content (AvgIpc) is 3.40. The topological polar surface area (TPSA) is 58.6 Å². The summed E-state index contributed by atoms with van der Waals surface area (Å²) in [5.41, 5.74) is 1.49. The Morgan fingerprint density at radius 2 is 1.97 bits per heavy atom. The maximum Gasteiger partial charge on any atom is 0.193 e. The van der Waals surface area contributed by atoms with Crippen molar-refractivity contribution in [2.75, 3.05) is 72.8 Å². The van der Waals surface area contributed by atoms with Gasteiger partial charge in [0.05, 0.1) is 19.8 Å². The summed E-state index contributed by atoms with van der Waals surface area (Å²) in [6.45, 7) is 9.83. The van der Waals surface area contributed by atoms with Crippen molar-refractivity contribution < 1.29 is 14.2 Å². The highest BCUT2D eigenvalue weighted by Gasteiger charge is 2.42. The lowest BCUT2D eigenvalue weighted by Gasteiger charge is -2.26. The first-order valence-corrected chi connectivity index (χ1v) is 10.8. The molecular formula is C22H35IN4O3. The van der Waals surface area contributed by atoms with Crippen molar-refractivity contribution in [1.29, 1.82) is 0 Å². The van der Waals surface area contributed by atoms with Crippen LogP contribution in [0.3, 0.4) is 0 Å². The predicted octanol–water partition coefficient (Wildman–Crippen LogP) is 2.20. The highest BCUT2D eigenvalue weighted by molar-refractivity contribution is 14.0. The first kappa shape index (κ1) is 23.6. The molecule has 168 valence electrons. The molecule has 3 aliphatic heterocycles. The number of rotatable bonds is 6. The number of para-hydroxylation sites is 1. The number of morpholine rings is 1. The van der Waals surface area contributed by atoms with Gasteiger partial charge in [0, 0.05) is 63.9 Å². The van der Waals surface area contributed by atoms with E-state index >= 15 is 0 Å². The number of nitrogens with one attached hydrogen (secondary N) is 1. The molecule has 3 heterocycles. The number of hydrogen-bond donors (Lipinski definition) is 1. The lowest BCUT2D eigenvalue weighted by atomic mass is 9.87. The molecule has 30 heavy (non-hydrogen) atoms. The van der Waals surface area contributed by atoms with Crippen molar-refractivity contribution in [2.45, 2.75) is 19.4 Å². The van der Waals surface area contributed by atoms with Crippen molar-refractivity contribution in [3.8, 4) is 5.75 Å². The van der Waals surface area contributed by atoms with E-state index in [-0.39, 0.29) is 24.0 Å². The quantitative estimate of drug-likeness (QED) is 0.346. The Balaban J connectivity index is 0.00000256. The standard InChI is InChI=1S/C22H34N4O3.HI/c1-23-21(26-8-6-22(17-26)7-12-28-18-22)24-16-19-4-2-3-5-20(19)29-15-11-25-9-13-27-14-10-25;/h2-5H,6-18H2,1H3,(H,23,24);1H. The largest absolute Gasteiger partial charge is 0.492 e. The third-order valence-electron chi connectivity index (χ3n) is 6.31. The lowest BCUT2D eigenvalue weighted by molar-refractivity contribution is 0.0322. The van der Waals surface area contributed by atoms with Gasteiger partial charge in [-0.1, -0.05) is 18.2 Å². The molecule has 3 fully saturated rings. The summed E-state index contributed by atoms with van der Waals surface area (Å²) >= 11 is 0. The van der Waals surface area contributed by atoms with E-state index in [1.165, 1.54) is 12.8 Å². The van der Waals surface area contributed by atoms with Gasteiger partial charge in [-0.05, 0) is 18.9 Å². The molecule has 8 heteroatoms. The van der Waals surface area contributed by atoms with Gasteiger partial charge in [0.2, 0.25) is 0 Å². The second-order valence-corrected chi connectivity index (χ2v) is 8.29. The number of aliphatic imine (C=N–C) groups is 1. The van der Waals surface area contributed by atoms with E-state index < -0.39 is 0 Å². The Labute approximate surface area is 197 Å². The van der Waals surface area contributed by atoms with E-state index in [4.69, 9.17) is 14.2 Å². The van der Waals surface area contributed by atoms with Gasteiger partial charge in [0.25, 0.3) is 0 Å². The summed E-state index contributed by atoms with van der Waals surface area (Å²) in [5, 5.41) is 3.54. The zero-order chi connectivity index (χ0) is 19.9. The fourth-order valence-electron chi connectivity index (χ4n) is 4.49. The Morgan fingerprint density at radius 3 is 2.73 bits per heavy atom. The minimum absolute atomic E-state index is 0. The molecule has 0 saturated carbocycles. The minimum Gasteiger partial charge on any atom is -0.492 e. The van der Waals surface area contributed by atoms with Crippen LogP contribution in [0.15, 0.2) is 29.3 Å². The number of ether oxygens (including phenoxy) is 3. The van der Waals surface area contributed by atoms with E-state index in [1.54, 1.807) is 0 Å². The van der Waals surface area contributed by atoms with E-state index in [0.29, 0.717) is 18.6 Å². The zero-order valence-electron chi connectivity index (χ0n) is 18.0. The van der Waals surface area contributed by atoms with E-state index in [0.717, 1.165) is 76.4 Å². The van der Waals surface area contributed by atoms with E-state index in [9.17, 15) is 0 Å². The third-order valence-corrected chi connectivity index (χ3v) is 6.31. The fourth-order valence-corrected chi connectivity index (χ4v) is 4.49. The zero-order valence-corrected chi connectivity index (χ0v) is 20.3. The van der Waals surface area contributed by atoms with Crippen molar-refractivity contribution in [1.82, 2.24) is 15.1 Å². The number of nitrogens with zero attached hydrogens (tertiary/aromatic N) is 3. The van der Waals surface area contributed by atoms with Gasteiger partial charge < -0.3 is 24.4 Å². The molecule has 0 radical (unpaired) electrons. The molecule has 0 amide bonds. The van der Waals surface area contributed by atoms with Crippen LogP contribution in [0.4, 0.5) is 0 Å². The van der Waals surface area contributed by atoms with Crippen molar-refractivity contribution >= 4 is 29.9 Å². The monoisotopic (exact) mass is 530 g/mol. The van der Waals surface area contributed by atoms with Crippen molar-refractivity contribution in [3.63, 3.8) is 0 Å². The molecule has 4 rings (SSSR count). The molecule has 3 aliphatic rings. The average molecular weight is 530 g/mol. The third kappa shape index (κ3) is 5.99. The maximum absolute atomic E-state index is 6.11. The number of halogens is 1. The van der Waals surface area contributed by atoms with Gasteiger partial charge in [0.15, 0.2) is 5.96 Å². The summed E-state index contributed by atoms with van der Waals surface area (Å²) in [7, 11) is 1.86. The van der Waals surface area contributed by atoms with Gasteiger partial charge in [0.1, 0.15) is 12.4 Å². The van der Waals surface area contributed by atoms with Crippen LogP contribution in [0.1, 0.15) is 18.4 Å². The molecule has 0 aromatic heterocycles. The maximum atomic E-state index is 6.11. The smallest absolute Gasteiger partial charge is 0.193 e. The van der Waals surface area contributed by atoms with Crippen molar-refractivity contribution in [2.24, 2.45) is 10.4 Å². The molecule has 1 spiro atoms. The highest BCUT2D eigenvalue weighted by atomic mass is 127. The van der Waals surface area contributed by atoms with E-state index in [1.807, 2.05) is 13.1 Å². The van der Waals surface area contributed by atoms with Gasteiger partial charge in [-0.25, -0.2) is 0 Å². The molecule has 7 nitrogen and oxygen atoms in total. The van der Waals surface area contributed by atoms with Gasteiger partial charge in [-0.2, -0.15) is 0 Å². The first-order chi connectivity index (χ1) is 14.3. The molecule has 1 aromatic rings. The van der Waals surface area contributed by atoms with Crippen LogP contribution in [0.25, 0.3) is 0 Å². The Morgan fingerprint density at radius 1 is 1.13 bits per heavy atom. The molecule has 1 N–H and O–H groups in total. The lowest BCUT2D eigenvalue weighted by Crippen LogP contribution is -2.41. The van der Waals surface area contributed by atoms with Crippen molar-refractivity contribution in [3.05, 3.63) is 29.8 Å². The van der Waals surface area contributed by atoms with Gasteiger partial charge in [-0.15, -0.1) is 24.0 Å². The molecule has 1 unspecified atom stereocenters. The van der Waals surface area contributed by atoms with Crippen LogP contribution >= 0.6 is 24.0 Å². The first-order valence-electron chi connectivity index (χ1n) is 10.8. The second kappa shape index (κ2) is 11.5. The van der Waals surface area contributed by atoms with Crippen LogP contribution < -0.4 is 10.1 Å². The molecule has 0 bridgehead atoms. The van der Waals surface area contributed by atoms with Crippen LogP contribution in [-0.2, 0) is 16.0 Å². The molecular weight excluding hydrogens is 495 g/mol.